The fraction of sp³-hybridized carbons (Fsp3) is 0.0545. The summed E-state index contributed by atoms with van der Waals surface area (Å²) in [7, 11) is 0. The summed E-state index contributed by atoms with van der Waals surface area (Å²) in [4.78, 5) is 2.35. The van der Waals surface area contributed by atoms with Crippen LogP contribution in [0.3, 0.4) is 0 Å². The van der Waals surface area contributed by atoms with Gasteiger partial charge in [-0.05, 0) is 115 Å². The van der Waals surface area contributed by atoms with Gasteiger partial charge in [0.1, 0.15) is 11.2 Å². The third kappa shape index (κ3) is 5.40. The molecule has 0 saturated heterocycles. The average Bonchev–Trinajstić information content (AvgIpc) is 3.74. The highest BCUT2D eigenvalue weighted by molar-refractivity contribution is 6.19. The quantitative estimate of drug-likeness (QED) is 0.169. The van der Waals surface area contributed by atoms with E-state index in [0.717, 1.165) is 44.6 Å². The van der Waals surface area contributed by atoms with E-state index in [9.17, 15) is 0 Å². The molecular weight excluding hydrogens is 691 g/mol. The zero-order chi connectivity index (χ0) is 38.1. The van der Waals surface area contributed by atoms with Crippen LogP contribution in [0.1, 0.15) is 25.0 Å². The Balaban J connectivity index is 1.08. The van der Waals surface area contributed by atoms with Gasteiger partial charge >= 0.3 is 0 Å². The van der Waals surface area contributed by atoms with Crippen molar-refractivity contribution in [2.75, 3.05) is 4.90 Å². The molecule has 0 atom stereocenters. The average molecular weight is 730 g/mol. The zero-order valence-corrected chi connectivity index (χ0v) is 31.9. The molecule has 11 rings (SSSR count). The van der Waals surface area contributed by atoms with E-state index >= 15 is 0 Å². The molecule has 1 aromatic heterocycles. The van der Waals surface area contributed by atoms with Crippen LogP contribution in [0.5, 0.6) is 0 Å². The van der Waals surface area contributed by atoms with Gasteiger partial charge in [-0.1, -0.05) is 159 Å². The topological polar surface area (TPSA) is 16.4 Å². The number of furan rings is 1. The van der Waals surface area contributed by atoms with E-state index in [1.165, 1.54) is 60.8 Å². The minimum atomic E-state index is -0.101. The normalized spacial score (nSPS) is 12.9. The first kappa shape index (κ1) is 33.2. The summed E-state index contributed by atoms with van der Waals surface area (Å²) < 4.78 is 6.94. The third-order valence-electron chi connectivity index (χ3n) is 12.1. The van der Waals surface area contributed by atoms with Crippen LogP contribution in [0.25, 0.3) is 77.2 Å². The molecule has 270 valence electrons. The van der Waals surface area contributed by atoms with Crippen LogP contribution in [-0.2, 0) is 5.41 Å². The Morgan fingerprint density at radius 1 is 0.386 bits per heavy atom. The molecular formula is C55H39NO. The first-order valence-corrected chi connectivity index (χ1v) is 19.8. The monoisotopic (exact) mass is 729 g/mol. The van der Waals surface area contributed by atoms with Crippen molar-refractivity contribution < 1.29 is 4.42 Å². The van der Waals surface area contributed by atoms with Gasteiger partial charge in [0.2, 0.25) is 0 Å². The van der Waals surface area contributed by atoms with Crippen LogP contribution in [-0.4, -0.2) is 0 Å². The molecule has 9 aromatic carbocycles. The van der Waals surface area contributed by atoms with Gasteiger partial charge < -0.3 is 9.32 Å². The molecule has 0 saturated carbocycles. The second kappa shape index (κ2) is 13.0. The van der Waals surface area contributed by atoms with Gasteiger partial charge in [0.15, 0.2) is 0 Å². The first-order valence-electron chi connectivity index (χ1n) is 19.8. The Kier molecular flexibility index (Phi) is 7.55. The van der Waals surface area contributed by atoms with Crippen molar-refractivity contribution in [1.29, 1.82) is 0 Å². The lowest BCUT2D eigenvalue weighted by Crippen LogP contribution is -2.14. The van der Waals surface area contributed by atoms with Gasteiger partial charge in [0.05, 0.1) is 0 Å². The Hall–Kier alpha value is -7.16. The van der Waals surface area contributed by atoms with Gasteiger partial charge in [0.25, 0.3) is 0 Å². The van der Waals surface area contributed by atoms with Crippen molar-refractivity contribution in [3.05, 3.63) is 211 Å². The highest BCUT2D eigenvalue weighted by Crippen LogP contribution is 2.51. The number of hydrogen-bond donors (Lipinski definition) is 0. The Labute approximate surface area is 332 Å². The standard InChI is InChI=1S/C55H39NO/c1-55(2)50-20-12-11-19-46(50)47-31-25-41(34-51(47)55)53-45-18-10-9-17-40(45)33-49-48-35-44(30-32-52(48)57-54(49)53)56(42-26-21-38(22-27-42)36-13-5-3-6-14-36)43-28-23-39(24-29-43)37-15-7-4-8-16-37/h3-35H,1-2H3. The van der Waals surface area contributed by atoms with Gasteiger partial charge in [-0.25, -0.2) is 0 Å². The summed E-state index contributed by atoms with van der Waals surface area (Å²) in [6, 6.07) is 72.4. The summed E-state index contributed by atoms with van der Waals surface area (Å²) >= 11 is 0. The Bertz CT molecular complexity index is 3040. The number of rotatable bonds is 6. The maximum atomic E-state index is 6.94. The third-order valence-corrected chi connectivity index (χ3v) is 12.1. The van der Waals surface area contributed by atoms with E-state index in [0.29, 0.717) is 0 Å². The molecule has 0 N–H and O–H groups in total. The lowest BCUT2D eigenvalue weighted by Gasteiger charge is -2.26. The van der Waals surface area contributed by atoms with Crippen LogP contribution in [0.15, 0.2) is 205 Å². The molecule has 57 heavy (non-hydrogen) atoms. The number of fused-ring (bicyclic) bond motifs is 7. The molecule has 0 unspecified atom stereocenters. The highest BCUT2D eigenvalue weighted by atomic mass is 16.3. The molecule has 0 aliphatic heterocycles. The summed E-state index contributed by atoms with van der Waals surface area (Å²) in [5.74, 6) is 0. The number of benzene rings is 9. The molecule has 1 aliphatic carbocycles. The Morgan fingerprint density at radius 2 is 0.930 bits per heavy atom. The molecule has 1 heterocycles. The van der Waals surface area contributed by atoms with Crippen LogP contribution in [0.4, 0.5) is 17.1 Å². The molecule has 0 spiro atoms. The molecule has 2 nitrogen and oxygen atoms in total. The molecule has 0 fully saturated rings. The fourth-order valence-electron chi connectivity index (χ4n) is 9.16. The van der Waals surface area contributed by atoms with E-state index in [4.69, 9.17) is 4.42 Å². The minimum Gasteiger partial charge on any atom is -0.455 e. The number of hydrogen-bond acceptors (Lipinski definition) is 2. The zero-order valence-electron chi connectivity index (χ0n) is 31.9. The smallest absolute Gasteiger partial charge is 0.143 e. The molecule has 2 heteroatoms. The van der Waals surface area contributed by atoms with Crippen molar-refractivity contribution >= 4 is 49.8 Å². The predicted octanol–water partition coefficient (Wildman–Crippen LogP) is 15.5. The van der Waals surface area contributed by atoms with Crippen molar-refractivity contribution in [1.82, 2.24) is 0 Å². The van der Waals surface area contributed by atoms with Crippen LogP contribution in [0.2, 0.25) is 0 Å². The molecule has 10 aromatic rings. The van der Waals surface area contributed by atoms with Gasteiger partial charge in [-0.2, -0.15) is 0 Å². The summed E-state index contributed by atoms with van der Waals surface area (Å²) in [5, 5.41) is 4.59. The first-order chi connectivity index (χ1) is 28.0. The maximum absolute atomic E-state index is 6.94. The highest BCUT2D eigenvalue weighted by Gasteiger charge is 2.35. The molecule has 0 amide bonds. The van der Waals surface area contributed by atoms with E-state index < -0.39 is 0 Å². The second-order valence-electron chi connectivity index (χ2n) is 15.7. The van der Waals surface area contributed by atoms with Gasteiger partial charge in [0, 0.05) is 38.8 Å². The largest absolute Gasteiger partial charge is 0.455 e. The number of anilines is 3. The van der Waals surface area contributed by atoms with E-state index in [1.807, 2.05) is 0 Å². The lowest BCUT2D eigenvalue weighted by atomic mass is 9.81. The van der Waals surface area contributed by atoms with E-state index in [2.05, 4.69) is 219 Å². The summed E-state index contributed by atoms with van der Waals surface area (Å²) in [6.45, 7) is 4.69. The second-order valence-corrected chi connectivity index (χ2v) is 15.7. The van der Waals surface area contributed by atoms with Crippen molar-refractivity contribution in [2.45, 2.75) is 19.3 Å². The predicted molar refractivity (Wildman–Crippen MR) is 240 cm³/mol. The maximum Gasteiger partial charge on any atom is 0.143 e. The fourth-order valence-corrected chi connectivity index (χ4v) is 9.16. The minimum absolute atomic E-state index is 0.101. The Morgan fingerprint density at radius 3 is 1.61 bits per heavy atom. The van der Waals surface area contributed by atoms with Crippen LogP contribution >= 0.6 is 0 Å². The molecule has 1 aliphatic rings. The van der Waals surface area contributed by atoms with E-state index in [-0.39, 0.29) is 5.41 Å². The molecule has 0 bridgehead atoms. The van der Waals surface area contributed by atoms with Crippen LogP contribution < -0.4 is 4.90 Å². The van der Waals surface area contributed by atoms with E-state index in [1.54, 1.807) is 0 Å². The van der Waals surface area contributed by atoms with Gasteiger partial charge in [-0.15, -0.1) is 0 Å². The number of nitrogens with zero attached hydrogens (tertiary/aromatic N) is 1. The SMILES string of the molecule is CC1(C)c2ccccc2-c2ccc(-c3c4ccccc4cc4c3oc3ccc(N(c5ccc(-c6ccccc6)cc5)c5ccc(-c6ccccc6)cc5)cc34)cc21. The van der Waals surface area contributed by atoms with Crippen molar-refractivity contribution in [3.63, 3.8) is 0 Å². The lowest BCUT2D eigenvalue weighted by molar-refractivity contribution is 0.660. The molecule has 0 radical (unpaired) electrons. The summed E-state index contributed by atoms with van der Waals surface area (Å²) in [6.07, 6.45) is 0. The van der Waals surface area contributed by atoms with Crippen LogP contribution in [0, 0.1) is 0 Å². The summed E-state index contributed by atoms with van der Waals surface area (Å²) in [5.41, 5.74) is 17.4. The van der Waals surface area contributed by atoms with Crippen molar-refractivity contribution in [3.8, 4) is 44.5 Å². The van der Waals surface area contributed by atoms with Crippen molar-refractivity contribution in [2.24, 2.45) is 0 Å². The van der Waals surface area contributed by atoms with Gasteiger partial charge in [-0.3, -0.25) is 0 Å².